The number of carbonyl (C=O) groups is 1. The van der Waals surface area contributed by atoms with E-state index in [4.69, 9.17) is 14.2 Å². The molecule has 0 spiro atoms. The topological polar surface area (TPSA) is 114 Å². The Kier molecular flexibility index (Phi) is 7.44. The molecule has 2 aromatic carbocycles. The minimum atomic E-state index is -0.609. The van der Waals surface area contributed by atoms with Crippen molar-refractivity contribution in [3.63, 3.8) is 0 Å². The Morgan fingerprint density at radius 2 is 1.92 bits per heavy atom. The fourth-order valence-corrected chi connectivity index (χ4v) is 4.34. The predicted molar refractivity (Wildman–Crippen MR) is 134 cm³/mol. The summed E-state index contributed by atoms with van der Waals surface area (Å²) in [6.45, 7) is 4.02. The first-order valence-electron chi connectivity index (χ1n) is 11.7. The molecule has 36 heavy (non-hydrogen) atoms. The summed E-state index contributed by atoms with van der Waals surface area (Å²) in [5.41, 5.74) is 1.56. The van der Waals surface area contributed by atoms with E-state index in [-0.39, 0.29) is 36.7 Å². The maximum absolute atomic E-state index is 13.8. The van der Waals surface area contributed by atoms with Gasteiger partial charge in [0.05, 0.1) is 43.4 Å². The van der Waals surface area contributed by atoms with Crippen molar-refractivity contribution in [1.29, 1.82) is 5.26 Å². The monoisotopic (exact) mass is 485 g/mol. The molecular weight excluding hydrogens is 458 g/mol. The van der Waals surface area contributed by atoms with E-state index in [0.717, 1.165) is 5.56 Å². The highest BCUT2D eigenvalue weighted by Crippen LogP contribution is 2.29. The van der Waals surface area contributed by atoms with Crippen molar-refractivity contribution in [1.82, 2.24) is 19.6 Å². The van der Waals surface area contributed by atoms with Crippen molar-refractivity contribution in [2.75, 3.05) is 13.7 Å². The molecule has 4 aromatic rings. The maximum Gasteiger partial charge on any atom is 0.267 e. The lowest BCUT2D eigenvalue weighted by Crippen LogP contribution is -2.39. The lowest BCUT2D eigenvalue weighted by Gasteiger charge is -2.32. The van der Waals surface area contributed by atoms with Crippen LogP contribution in [0.4, 0.5) is 0 Å². The number of fused-ring (bicyclic) bond motifs is 1. The van der Waals surface area contributed by atoms with E-state index in [9.17, 15) is 14.9 Å². The van der Waals surface area contributed by atoms with Gasteiger partial charge >= 0.3 is 0 Å². The average molecular weight is 486 g/mol. The number of rotatable bonds is 9. The molecule has 0 N–H and O–H groups in total. The van der Waals surface area contributed by atoms with Crippen LogP contribution in [-0.2, 0) is 6.54 Å². The van der Waals surface area contributed by atoms with Crippen LogP contribution in [-0.4, -0.2) is 39.2 Å². The van der Waals surface area contributed by atoms with Crippen molar-refractivity contribution < 1.29 is 14.1 Å². The van der Waals surface area contributed by atoms with Gasteiger partial charge in [-0.15, -0.1) is 0 Å². The number of aromatic nitrogens is 3. The lowest BCUT2D eigenvalue weighted by molar-refractivity contribution is 0.0658. The van der Waals surface area contributed by atoms with E-state index in [1.807, 2.05) is 37.3 Å². The molecule has 0 fully saturated rings. The quantitative estimate of drug-likeness (QED) is 0.348. The predicted octanol–water partition coefficient (Wildman–Crippen LogP) is 4.26. The number of nitriles is 1. The van der Waals surface area contributed by atoms with Crippen LogP contribution in [0.15, 0.2) is 63.9 Å². The molecule has 9 heteroatoms. The number of benzene rings is 2. The van der Waals surface area contributed by atoms with Crippen LogP contribution in [0.1, 0.15) is 53.2 Å². The highest BCUT2D eigenvalue weighted by atomic mass is 16.5. The highest BCUT2D eigenvalue weighted by Gasteiger charge is 2.31. The molecule has 0 radical (unpaired) electrons. The Balaban J connectivity index is 1.90. The van der Waals surface area contributed by atoms with Gasteiger partial charge < -0.3 is 14.2 Å². The van der Waals surface area contributed by atoms with Gasteiger partial charge in [-0.25, -0.2) is 0 Å². The third-order valence-corrected chi connectivity index (χ3v) is 6.10. The van der Waals surface area contributed by atoms with Gasteiger partial charge in [-0.1, -0.05) is 54.5 Å². The van der Waals surface area contributed by atoms with Crippen LogP contribution in [0.3, 0.4) is 0 Å². The molecule has 0 saturated carbocycles. The molecule has 0 saturated heterocycles. The Bertz CT molecular complexity index is 1470. The fraction of sp³-hybridized carbons (Fsp3) is 0.296. The molecule has 0 aliphatic carbocycles. The number of aryl methyl sites for hydroxylation is 1. The Morgan fingerprint density at radius 3 is 2.61 bits per heavy atom. The molecule has 0 aliphatic rings. The number of carbonyl (C=O) groups excluding carboxylic acids is 1. The highest BCUT2D eigenvalue weighted by molar-refractivity contribution is 5.97. The zero-order chi connectivity index (χ0) is 25.7. The number of amides is 1. The number of methoxy groups -OCH3 is 1. The van der Waals surface area contributed by atoms with Gasteiger partial charge in [-0.2, -0.15) is 10.2 Å². The second-order valence-corrected chi connectivity index (χ2v) is 8.33. The summed E-state index contributed by atoms with van der Waals surface area (Å²) in [7, 11) is 1.50. The number of hydrogen-bond acceptors (Lipinski definition) is 7. The van der Waals surface area contributed by atoms with E-state index in [2.05, 4.69) is 11.2 Å². The van der Waals surface area contributed by atoms with Crippen molar-refractivity contribution >= 4 is 17.0 Å². The van der Waals surface area contributed by atoms with E-state index in [0.29, 0.717) is 34.6 Å². The first-order valence-corrected chi connectivity index (χ1v) is 11.7. The normalized spacial score (nSPS) is 11.7. The SMILES string of the molecule is CCC(c1nc2onc(C)c2c(=O)n1Cc1ccccc1)N(CCC#N)C(=O)c1ccccc1OC. The summed E-state index contributed by atoms with van der Waals surface area (Å²) in [5, 5.41) is 13.6. The Morgan fingerprint density at radius 1 is 1.19 bits per heavy atom. The molecule has 9 nitrogen and oxygen atoms in total. The molecule has 0 aliphatic heterocycles. The first kappa shape index (κ1) is 24.7. The number of para-hydroxylation sites is 1. The Hall–Kier alpha value is -4.45. The third-order valence-electron chi connectivity index (χ3n) is 6.10. The number of ether oxygens (including phenoxy) is 1. The van der Waals surface area contributed by atoms with Gasteiger partial charge in [0, 0.05) is 6.54 Å². The second-order valence-electron chi connectivity index (χ2n) is 8.33. The summed E-state index contributed by atoms with van der Waals surface area (Å²) in [5.74, 6) is 0.482. The molecule has 1 amide bonds. The second kappa shape index (κ2) is 10.9. The smallest absolute Gasteiger partial charge is 0.267 e. The zero-order valence-electron chi connectivity index (χ0n) is 20.5. The van der Waals surface area contributed by atoms with Gasteiger partial charge in [-0.05, 0) is 31.0 Å². The Labute approximate surface area is 208 Å². The molecule has 2 aromatic heterocycles. The number of nitrogens with zero attached hydrogens (tertiary/aromatic N) is 5. The van der Waals surface area contributed by atoms with Crippen LogP contribution < -0.4 is 10.3 Å². The summed E-state index contributed by atoms with van der Waals surface area (Å²) < 4.78 is 12.4. The number of hydrogen-bond donors (Lipinski definition) is 0. The third kappa shape index (κ3) is 4.70. The van der Waals surface area contributed by atoms with Crippen LogP contribution in [0.5, 0.6) is 5.75 Å². The van der Waals surface area contributed by atoms with Gasteiger partial charge in [0.15, 0.2) is 0 Å². The summed E-state index contributed by atoms with van der Waals surface area (Å²) >= 11 is 0. The standard InChI is InChI=1S/C27H27N5O4/c1-4-21(31(16-10-15-28)26(33)20-13-8-9-14-22(20)35-3)24-29-25-23(18(2)30-36-25)27(34)32(24)17-19-11-6-5-7-12-19/h5-9,11-14,21H,4,10,16-17H2,1-3H3. The van der Waals surface area contributed by atoms with Crippen molar-refractivity contribution in [2.24, 2.45) is 0 Å². The molecule has 4 rings (SSSR count). The zero-order valence-corrected chi connectivity index (χ0v) is 20.5. The van der Waals surface area contributed by atoms with Crippen LogP contribution in [0, 0.1) is 18.3 Å². The van der Waals surface area contributed by atoms with Crippen LogP contribution in [0.25, 0.3) is 11.1 Å². The summed E-state index contributed by atoms with van der Waals surface area (Å²) in [4.78, 5) is 33.8. The maximum atomic E-state index is 13.8. The molecule has 1 unspecified atom stereocenters. The van der Waals surface area contributed by atoms with E-state index in [1.54, 1.807) is 40.7 Å². The molecular formula is C27H27N5O4. The van der Waals surface area contributed by atoms with Gasteiger partial charge in [0.1, 0.15) is 17.0 Å². The molecule has 1 atom stereocenters. The van der Waals surface area contributed by atoms with Crippen LogP contribution >= 0.6 is 0 Å². The average Bonchev–Trinajstić information content (AvgIpc) is 3.29. The summed E-state index contributed by atoms with van der Waals surface area (Å²) in [6, 6.07) is 18.0. The van der Waals surface area contributed by atoms with E-state index in [1.165, 1.54) is 7.11 Å². The van der Waals surface area contributed by atoms with Crippen molar-refractivity contribution in [2.45, 2.75) is 39.3 Å². The summed E-state index contributed by atoms with van der Waals surface area (Å²) in [6.07, 6.45) is 0.566. The van der Waals surface area contributed by atoms with Gasteiger partial charge in [0.2, 0.25) is 0 Å². The van der Waals surface area contributed by atoms with Gasteiger partial charge in [0.25, 0.3) is 17.2 Å². The minimum Gasteiger partial charge on any atom is -0.496 e. The fourth-order valence-electron chi connectivity index (χ4n) is 4.34. The van der Waals surface area contributed by atoms with E-state index >= 15 is 0 Å². The van der Waals surface area contributed by atoms with Crippen molar-refractivity contribution in [3.8, 4) is 11.8 Å². The lowest BCUT2D eigenvalue weighted by atomic mass is 10.1. The molecule has 0 bridgehead atoms. The molecule has 184 valence electrons. The molecule has 2 heterocycles. The first-order chi connectivity index (χ1) is 17.5. The van der Waals surface area contributed by atoms with Gasteiger partial charge in [-0.3, -0.25) is 14.2 Å². The van der Waals surface area contributed by atoms with Crippen LogP contribution in [0.2, 0.25) is 0 Å². The minimum absolute atomic E-state index is 0.115. The van der Waals surface area contributed by atoms with E-state index < -0.39 is 6.04 Å². The largest absolute Gasteiger partial charge is 0.496 e. The van der Waals surface area contributed by atoms with Crippen molar-refractivity contribution in [3.05, 3.63) is 87.6 Å².